The lowest BCUT2D eigenvalue weighted by Crippen LogP contribution is -2.25. The van der Waals surface area contributed by atoms with Crippen molar-refractivity contribution in [3.8, 4) is 0 Å². The summed E-state index contributed by atoms with van der Waals surface area (Å²) in [7, 11) is 1.63. The first-order valence-corrected chi connectivity index (χ1v) is 8.24. The number of rotatable bonds is 8. The molecule has 12 nitrogen and oxygen atoms in total. The highest BCUT2D eigenvalue weighted by Gasteiger charge is 2.19. The van der Waals surface area contributed by atoms with Crippen molar-refractivity contribution in [2.24, 2.45) is 7.05 Å². The Hall–Kier alpha value is -3.96. The van der Waals surface area contributed by atoms with E-state index in [4.69, 9.17) is 4.42 Å². The van der Waals surface area contributed by atoms with Crippen molar-refractivity contribution in [1.29, 1.82) is 0 Å². The zero-order valence-corrected chi connectivity index (χ0v) is 14.9. The lowest BCUT2D eigenvalue weighted by molar-refractivity contribution is -0.389. The highest BCUT2D eigenvalue weighted by atomic mass is 16.6. The minimum absolute atomic E-state index is 0.0151. The second-order valence-electron chi connectivity index (χ2n) is 5.82. The fourth-order valence-corrected chi connectivity index (χ4v) is 2.41. The smallest absolute Gasteiger partial charge is 0.389 e. The van der Waals surface area contributed by atoms with Crippen molar-refractivity contribution in [3.05, 3.63) is 58.4 Å². The third-order valence-corrected chi connectivity index (χ3v) is 3.70. The van der Waals surface area contributed by atoms with Gasteiger partial charge in [0.15, 0.2) is 5.69 Å². The summed E-state index contributed by atoms with van der Waals surface area (Å²) in [5.41, 5.74) is 0.327. The fourth-order valence-electron chi connectivity index (χ4n) is 2.41. The molecule has 0 aliphatic carbocycles. The van der Waals surface area contributed by atoms with Crippen molar-refractivity contribution < 1.29 is 18.9 Å². The van der Waals surface area contributed by atoms with Crippen LogP contribution in [0.25, 0.3) is 0 Å². The van der Waals surface area contributed by atoms with Crippen molar-refractivity contribution >= 4 is 23.3 Å². The number of hydrogen-bond acceptors (Lipinski definition) is 7. The minimum atomic E-state index is -0.611. The van der Waals surface area contributed by atoms with Gasteiger partial charge in [0.2, 0.25) is 5.91 Å². The van der Waals surface area contributed by atoms with E-state index in [0.717, 1.165) is 0 Å². The lowest BCUT2D eigenvalue weighted by atomic mass is 10.3. The second-order valence-corrected chi connectivity index (χ2v) is 5.82. The zero-order valence-electron chi connectivity index (χ0n) is 14.9. The van der Waals surface area contributed by atoms with E-state index in [2.05, 4.69) is 20.8 Å². The van der Waals surface area contributed by atoms with Gasteiger partial charge in [-0.25, -0.2) is 0 Å². The Bertz CT molecular complexity index is 989. The van der Waals surface area contributed by atoms with Crippen LogP contribution in [0.15, 0.2) is 41.3 Å². The van der Waals surface area contributed by atoms with E-state index in [1.54, 1.807) is 19.2 Å². The number of amides is 2. The Morgan fingerprint density at radius 2 is 2.14 bits per heavy atom. The quantitative estimate of drug-likeness (QED) is 0.433. The molecule has 28 heavy (non-hydrogen) atoms. The second kappa shape index (κ2) is 8.16. The van der Waals surface area contributed by atoms with E-state index in [1.807, 2.05) is 0 Å². The summed E-state index contributed by atoms with van der Waals surface area (Å²) in [6.45, 7) is 0.341. The molecule has 3 heterocycles. The highest BCUT2D eigenvalue weighted by molar-refractivity contribution is 6.02. The summed E-state index contributed by atoms with van der Waals surface area (Å²) in [5.74, 6) is -0.549. The van der Waals surface area contributed by atoms with E-state index >= 15 is 0 Å². The number of nitrogens with one attached hydrogen (secondary N) is 2. The van der Waals surface area contributed by atoms with Crippen LogP contribution in [-0.2, 0) is 24.9 Å². The molecule has 0 saturated heterocycles. The largest absolute Gasteiger partial charge is 0.467 e. The van der Waals surface area contributed by atoms with E-state index in [9.17, 15) is 19.7 Å². The molecule has 0 unspecified atom stereocenters. The molecule has 3 rings (SSSR count). The Morgan fingerprint density at radius 1 is 1.32 bits per heavy atom. The maximum atomic E-state index is 12.3. The molecule has 0 aliphatic rings. The monoisotopic (exact) mass is 387 g/mol. The van der Waals surface area contributed by atoms with Gasteiger partial charge in [0.1, 0.15) is 5.76 Å². The Balaban J connectivity index is 1.57. The minimum Gasteiger partial charge on any atom is -0.467 e. The first-order chi connectivity index (χ1) is 13.4. The van der Waals surface area contributed by atoms with Crippen molar-refractivity contribution in [2.75, 3.05) is 5.32 Å². The standard InChI is InChI=1S/C16H17N7O5/c1-21-10-12(15(20-21)16(25)17-9-11-3-2-8-28-11)18-14(24)5-7-22-6-4-13(19-22)23(26)27/h2-4,6,8,10H,5,7,9H2,1H3,(H,17,25)(H,18,24). The van der Waals surface area contributed by atoms with Crippen LogP contribution in [-0.4, -0.2) is 36.3 Å². The number of aryl methyl sites for hydroxylation is 2. The third kappa shape index (κ3) is 4.60. The number of nitro groups is 1. The third-order valence-electron chi connectivity index (χ3n) is 3.70. The molecule has 3 aromatic rings. The van der Waals surface area contributed by atoms with Gasteiger partial charge in [0.25, 0.3) is 5.91 Å². The molecule has 12 heteroatoms. The van der Waals surface area contributed by atoms with Crippen LogP contribution < -0.4 is 10.6 Å². The maximum absolute atomic E-state index is 12.3. The summed E-state index contributed by atoms with van der Waals surface area (Å²) >= 11 is 0. The molecule has 0 bridgehead atoms. The average Bonchev–Trinajstić information content (AvgIpc) is 3.39. The zero-order chi connectivity index (χ0) is 20.1. The predicted molar refractivity (Wildman–Crippen MR) is 95.2 cm³/mol. The summed E-state index contributed by atoms with van der Waals surface area (Å²) in [6.07, 6.45) is 4.45. The summed E-state index contributed by atoms with van der Waals surface area (Å²) in [4.78, 5) is 34.5. The molecule has 0 aromatic carbocycles. The molecule has 3 aromatic heterocycles. The normalized spacial score (nSPS) is 10.6. The van der Waals surface area contributed by atoms with Gasteiger partial charge in [0.05, 0.1) is 42.4 Å². The molecule has 0 spiro atoms. The van der Waals surface area contributed by atoms with Gasteiger partial charge in [-0.15, -0.1) is 0 Å². The van der Waals surface area contributed by atoms with Crippen LogP contribution in [0.3, 0.4) is 0 Å². The van der Waals surface area contributed by atoms with Crippen molar-refractivity contribution in [2.45, 2.75) is 19.5 Å². The summed E-state index contributed by atoms with van der Waals surface area (Å²) < 4.78 is 7.86. The van der Waals surface area contributed by atoms with Crippen LogP contribution in [0.1, 0.15) is 22.7 Å². The van der Waals surface area contributed by atoms with Crippen LogP contribution in [0.4, 0.5) is 11.5 Å². The fraction of sp³-hybridized carbons (Fsp3) is 0.250. The van der Waals surface area contributed by atoms with Gasteiger partial charge in [-0.1, -0.05) is 0 Å². The number of hydrogen-bond donors (Lipinski definition) is 2. The number of aromatic nitrogens is 4. The molecular formula is C16H17N7O5. The van der Waals surface area contributed by atoms with Crippen LogP contribution in [0.2, 0.25) is 0 Å². The maximum Gasteiger partial charge on any atom is 0.389 e. The number of nitrogens with zero attached hydrogens (tertiary/aromatic N) is 5. The van der Waals surface area contributed by atoms with Gasteiger partial charge in [-0.05, 0) is 17.1 Å². The Morgan fingerprint density at radius 3 is 2.82 bits per heavy atom. The lowest BCUT2D eigenvalue weighted by Gasteiger charge is -2.05. The van der Waals surface area contributed by atoms with Gasteiger partial charge < -0.3 is 25.2 Å². The SMILES string of the molecule is Cn1cc(NC(=O)CCn2ccc([N+](=O)[O-])n2)c(C(=O)NCc2ccco2)n1. The molecule has 0 fully saturated rings. The van der Waals surface area contributed by atoms with Gasteiger partial charge in [0, 0.05) is 19.7 Å². The van der Waals surface area contributed by atoms with Crippen molar-refractivity contribution in [1.82, 2.24) is 24.9 Å². The van der Waals surface area contributed by atoms with Gasteiger partial charge in [-0.3, -0.25) is 14.3 Å². The number of anilines is 1. The number of carbonyl (C=O) groups is 2. The molecule has 146 valence electrons. The molecule has 0 atom stereocenters. The molecular weight excluding hydrogens is 370 g/mol. The molecule has 0 saturated carbocycles. The van der Waals surface area contributed by atoms with Crippen LogP contribution in [0, 0.1) is 10.1 Å². The van der Waals surface area contributed by atoms with E-state index in [-0.39, 0.29) is 42.6 Å². The number of furan rings is 1. The Labute approximate surface area is 158 Å². The van der Waals surface area contributed by atoms with Crippen LogP contribution >= 0.6 is 0 Å². The molecule has 2 amide bonds. The first kappa shape index (κ1) is 18.8. The van der Waals surface area contributed by atoms with Crippen molar-refractivity contribution in [3.63, 3.8) is 0 Å². The van der Waals surface area contributed by atoms with Gasteiger partial charge in [-0.2, -0.15) is 9.78 Å². The van der Waals surface area contributed by atoms with E-state index < -0.39 is 10.8 Å². The summed E-state index contributed by atoms with van der Waals surface area (Å²) in [5, 5.41) is 23.7. The summed E-state index contributed by atoms with van der Waals surface area (Å²) in [6, 6.07) is 4.68. The topological polar surface area (TPSA) is 150 Å². The highest BCUT2D eigenvalue weighted by Crippen LogP contribution is 2.14. The van der Waals surface area contributed by atoms with Gasteiger partial charge >= 0.3 is 5.82 Å². The van der Waals surface area contributed by atoms with E-state index in [0.29, 0.717) is 5.76 Å². The first-order valence-electron chi connectivity index (χ1n) is 8.24. The molecule has 0 aliphatic heterocycles. The average molecular weight is 387 g/mol. The predicted octanol–water partition coefficient (Wildman–Crippen LogP) is 1.08. The van der Waals surface area contributed by atoms with E-state index in [1.165, 1.54) is 34.1 Å². The Kier molecular flexibility index (Phi) is 5.48. The van der Waals surface area contributed by atoms with Crippen LogP contribution in [0.5, 0.6) is 0 Å². The molecule has 0 radical (unpaired) electrons. The molecule has 2 N–H and O–H groups in total. The number of carbonyl (C=O) groups excluding carboxylic acids is 2.